The average molecular weight is 302 g/mol. The van der Waals surface area contributed by atoms with Gasteiger partial charge in [0.1, 0.15) is 9.84 Å². The van der Waals surface area contributed by atoms with Crippen molar-refractivity contribution in [3.8, 4) is 0 Å². The van der Waals surface area contributed by atoms with Crippen LogP contribution in [0.1, 0.15) is 42.4 Å². The monoisotopic (exact) mass is 302 g/mol. The fourth-order valence-corrected chi connectivity index (χ4v) is 4.86. The van der Waals surface area contributed by atoms with Crippen molar-refractivity contribution in [2.45, 2.75) is 43.9 Å². The van der Waals surface area contributed by atoms with Crippen LogP contribution in [0.4, 0.5) is 0 Å². The van der Waals surface area contributed by atoms with Gasteiger partial charge in [0.2, 0.25) is 0 Å². The number of sulfone groups is 1. The van der Waals surface area contributed by atoms with E-state index in [-0.39, 0.29) is 11.3 Å². The topological polar surface area (TPSA) is 59.1 Å². The summed E-state index contributed by atoms with van der Waals surface area (Å²) in [4.78, 5) is 4.55. The van der Waals surface area contributed by atoms with Gasteiger partial charge in [0.05, 0.1) is 22.0 Å². The van der Waals surface area contributed by atoms with Crippen molar-refractivity contribution in [1.29, 1.82) is 0 Å². The highest BCUT2D eigenvalue weighted by molar-refractivity contribution is 7.91. The molecule has 108 valence electrons. The molecule has 19 heavy (non-hydrogen) atoms. The van der Waals surface area contributed by atoms with Gasteiger partial charge < -0.3 is 5.32 Å². The zero-order valence-electron chi connectivity index (χ0n) is 11.7. The molecule has 1 fully saturated rings. The van der Waals surface area contributed by atoms with Crippen LogP contribution in [0.2, 0.25) is 0 Å². The Morgan fingerprint density at radius 1 is 1.47 bits per heavy atom. The predicted octanol–water partition coefficient (Wildman–Crippen LogP) is 2.32. The molecule has 0 radical (unpaired) electrons. The molecule has 0 saturated heterocycles. The zero-order chi connectivity index (χ0) is 14.0. The normalized spacial score (nSPS) is 26.3. The molecule has 6 heteroatoms. The summed E-state index contributed by atoms with van der Waals surface area (Å²) in [7, 11) is -0.989. The van der Waals surface area contributed by atoms with E-state index in [1.165, 1.54) is 6.26 Å². The first-order valence-corrected chi connectivity index (χ1v) is 9.53. The standard InChI is InChI=1S/C13H22N2O2S2/c1-9-15-12(8-18-9)13(14-2)10-5-4-6-11(7-10)19(3,16)17/h8,10-11,13-14H,4-7H2,1-3H3. The van der Waals surface area contributed by atoms with E-state index in [4.69, 9.17) is 0 Å². The van der Waals surface area contributed by atoms with Crippen molar-refractivity contribution in [2.24, 2.45) is 5.92 Å². The fourth-order valence-electron chi connectivity index (χ4n) is 3.02. The summed E-state index contributed by atoms with van der Waals surface area (Å²) in [5, 5.41) is 6.29. The third-order valence-corrected chi connectivity index (χ3v) is 6.44. The number of hydrogen-bond donors (Lipinski definition) is 1. The van der Waals surface area contributed by atoms with Crippen LogP contribution in [0.15, 0.2) is 5.38 Å². The first kappa shape index (κ1) is 14.9. The molecule has 0 aromatic carbocycles. The Kier molecular flexibility index (Phi) is 4.63. The molecule has 1 saturated carbocycles. The third-order valence-electron chi connectivity index (χ3n) is 4.01. The lowest BCUT2D eigenvalue weighted by Gasteiger charge is -2.33. The highest BCUT2D eigenvalue weighted by Gasteiger charge is 2.33. The van der Waals surface area contributed by atoms with E-state index in [1.54, 1.807) is 11.3 Å². The number of hydrogen-bond acceptors (Lipinski definition) is 5. The molecule has 0 amide bonds. The molecular formula is C13H22N2O2S2. The van der Waals surface area contributed by atoms with E-state index >= 15 is 0 Å². The number of nitrogens with zero attached hydrogens (tertiary/aromatic N) is 1. The lowest BCUT2D eigenvalue weighted by Crippen LogP contribution is -2.34. The van der Waals surface area contributed by atoms with Crippen molar-refractivity contribution in [2.75, 3.05) is 13.3 Å². The van der Waals surface area contributed by atoms with E-state index in [0.29, 0.717) is 5.92 Å². The van der Waals surface area contributed by atoms with E-state index in [2.05, 4.69) is 15.7 Å². The molecule has 1 heterocycles. The maximum atomic E-state index is 11.7. The summed E-state index contributed by atoms with van der Waals surface area (Å²) in [6.07, 6.45) is 4.99. The first-order valence-electron chi connectivity index (χ1n) is 6.70. The van der Waals surface area contributed by atoms with Gasteiger partial charge in [0.25, 0.3) is 0 Å². The predicted molar refractivity (Wildman–Crippen MR) is 79.2 cm³/mol. The summed E-state index contributed by atoms with van der Waals surface area (Å²) >= 11 is 1.65. The number of aryl methyl sites for hydroxylation is 1. The average Bonchev–Trinajstić information content (AvgIpc) is 2.76. The van der Waals surface area contributed by atoms with Crippen LogP contribution in [-0.4, -0.2) is 32.0 Å². The highest BCUT2D eigenvalue weighted by atomic mass is 32.2. The summed E-state index contributed by atoms with van der Waals surface area (Å²) in [6.45, 7) is 2.00. The first-order chi connectivity index (χ1) is 8.91. The van der Waals surface area contributed by atoms with Gasteiger partial charge in [-0.2, -0.15) is 0 Å². The van der Waals surface area contributed by atoms with Crippen LogP contribution < -0.4 is 5.32 Å². The largest absolute Gasteiger partial charge is 0.311 e. The van der Waals surface area contributed by atoms with Gasteiger partial charge >= 0.3 is 0 Å². The van der Waals surface area contributed by atoms with Gasteiger partial charge in [-0.3, -0.25) is 0 Å². The van der Waals surface area contributed by atoms with Crippen LogP contribution in [-0.2, 0) is 9.84 Å². The molecule has 1 aromatic heterocycles. The molecule has 0 aliphatic heterocycles. The number of thiazole rings is 1. The summed E-state index contributed by atoms with van der Waals surface area (Å²) in [5.41, 5.74) is 1.06. The van der Waals surface area contributed by atoms with Crippen LogP contribution in [0, 0.1) is 12.8 Å². The molecule has 3 atom stereocenters. The van der Waals surface area contributed by atoms with E-state index < -0.39 is 9.84 Å². The Bertz CT molecular complexity index is 525. The number of rotatable bonds is 4. The van der Waals surface area contributed by atoms with Gasteiger partial charge in [-0.1, -0.05) is 6.42 Å². The Balaban J connectivity index is 2.15. The summed E-state index contributed by atoms with van der Waals surface area (Å²) < 4.78 is 23.5. The van der Waals surface area contributed by atoms with Crippen molar-refractivity contribution in [1.82, 2.24) is 10.3 Å². The Hall–Kier alpha value is -0.460. The Morgan fingerprint density at radius 3 is 2.74 bits per heavy atom. The van der Waals surface area contributed by atoms with Crippen molar-refractivity contribution >= 4 is 21.2 Å². The maximum absolute atomic E-state index is 11.7. The third kappa shape index (κ3) is 3.55. The van der Waals surface area contributed by atoms with E-state index in [0.717, 1.165) is 36.4 Å². The SMILES string of the molecule is CNC(c1csc(C)n1)C1CCCC(S(C)(=O)=O)C1. The van der Waals surface area contributed by atoms with Gasteiger partial charge in [0, 0.05) is 11.6 Å². The number of aromatic nitrogens is 1. The zero-order valence-corrected chi connectivity index (χ0v) is 13.4. The molecule has 0 bridgehead atoms. The minimum atomic E-state index is -2.92. The molecule has 1 aromatic rings. The van der Waals surface area contributed by atoms with Crippen LogP contribution >= 0.6 is 11.3 Å². The van der Waals surface area contributed by atoms with Crippen LogP contribution in [0.25, 0.3) is 0 Å². The smallest absolute Gasteiger partial charge is 0.150 e. The molecule has 3 unspecified atom stereocenters. The van der Waals surface area contributed by atoms with Gasteiger partial charge in [-0.15, -0.1) is 11.3 Å². The molecule has 1 N–H and O–H groups in total. The summed E-state index contributed by atoms with van der Waals surface area (Å²) in [6, 6.07) is 0.175. The van der Waals surface area contributed by atoms with Crippen LogP contribution in [0.5, 0.6) is 0 Å². The molecular weight excluding hydrogens is 280 g/mol. The second kappa shape index (κ2) is 5.89. The molecule has 1 aliphatic carbocycles. The minimum Gasteiger partial charge on any atom is -0.311 e. The van der Waals surface area contributed by atoms with Crippen molar-refractivity contribution in [3.63, 3.8) is 0 Å². The van der Waals surface area contributed by atoms with E-state index in [9.17, 15) is 8.42 Å². The van der Waals surface area contributed by atoms with Crippen LogP contribution in [0.3, 0.4) is 0 Å². The minimum absolute atomic E-state index is 0.175. The van der Waals surface area contributed by atoms with E-state index in [1.807, 2.05) is 14.0 Å². The second-order valence-electron chi connectivity index (χ2n) is 5.44. The molecule has 2 rings (SSSR count). The maximum Gasteiger partial charge on any atom is 0.150 e. The Morgan fingerprint density at radius 2 is 2.21 bits per heavy atom. The van der Waals surface area contributed by atoms with Gasteiger partial charge in [-0.05, 0) is 39.2 Å². The van der Waals surface area contributed by atoms with Gasteiger partial charge in [-0.25, -0.2) is 13.4 Å². The lowest BCUT2D eigenvalue weighted by atomic mass is 9.82. The highest BCUT2D eigenvalue weighted by Crippen LogP contribution is 2.36. The lowest BCUT2D eigenvalue weighted by molar-refractivity contribution is 0.279. The summed E-state index contributed by atoms with van der Waals surface area (Å²) in [5.74, 6) is 0.361. The van der Waals surface area contributed by atoms with Crippen molar-refractivity contribution < 1.29 is 8.42 Å². The number of nitrogens with one attached hydrogen (secondary N) is 1. The molecule has 4 nitrogen and oxygen atoms in total. The fraction of sp³-hybridized carbons (Fsp3) is 0.769. The quantitative estimate of drug-likeness (QED) is 0.927. The molecule has 0 spiro atoms. The molecule has 1 aliphatic rings. The van der Waals surface area contributed by atoms with Crippen molar-refractivity contribution in [3.05, 3.63) is 16.1 Å². The second-order valence-corrected chi connectivity index (χ2v) is 8.82. The van der Waals surface area contributed by atoms with Gasteiger partial charge in [0.15, 0.2) is 0 Å². The Labute approximate surface area is 119 Å².